The van der Waals surface area contributed by atoms with Crippen LogP contribution in [0.3, 0.4) is 0 Å². The molecular formula is C10H13FN2O2. The van der Waals surface area contributed by atoms with Gasteiger partial charge in [0, 0.05) is 18.0 Å². The van der Waals surface area contributed by atoms with Crippen LogP contribution >= 0.6 is 0 Å². The number of hydrogen-bond acceptors (Lipinski definition) is 4. The van der Waals surface area contributed by atoms with Gasteiger partial charge in [0.1, 0.15) is 6.04 Å². The van der Waals surface area contributed by atoms with Gasteiger partial charge in [-0.15, -0.1) is 0 Å². The predicted molar refractivity (Wildman–Crippen MR) is 53.9 cm³/mol. The lowest BCUT2D eigenvalue weighted by Crippen LogP contribution is -2.28. The smallest absolute Gasteiger partial charge is 0.328 e. The largest absolute Gasteiger partial charge is 0.464 e. The van der Waals surface area contributed by atoms with Crippen molar-refractivity contribution in [1.29, 1.82) is 0 Å². The zero-order valence-electron chi connectivity index (χ0n) is 8.66. The van der Waals surface area contributed by atoms with Gasteiger partial charge in [0.15, 0.2) is 0 Å². The lowest BCUT2D eigenvalue weighted by atomic mass is 10.3. The maximum atomic E-state index is 12.7. The van der Waals surface area contributed by atoms with Gasteiger partial charge < -0.3 is 10.1 Å². The van der Waals surface area contributed by atoms with E-state index in [1.54, 1.807) is 19.9 Å². The molecule has 0 fully saturated rings. The van der Waals surface area contributed by atoms with Gasteiger partial charge in [-0.2, -0.15) is 4.39 Å². The third-order valence-corrected chi connectivity index (χ3v) is 1.75. The molecule has 1 aromatic rings. The molecule has 0 aliphatic carbocycles. The van der Waals surface area contributed by atoms with Crippen molar-refractivity contribution < 1.29 is 13.9 Å². The quantitative estimate of drug-likeness (QED) is 0.608. The fraction of sp³-hybridized carbons (Fsp3) is 0.400. The molecule has 1 rings (SSSR count). The van der Waals surface area contributed by atoms with E-state index in [9.17, 15) is 9.18 Å². The summed E-state index contributed by atoms with van der Waals surface area (Å²) in [5.74, 6) is -0.953. The Bertz CT molecular complexity index is 344. The normalized spacial score (nSPS) is 11.9. The highest BCUT2D eigenvalue weighted by molar-refractivity contribution is 5.78. The van der Waals surface area contributed by atoms with E-state index in [4.69, 9.17) is 4.74 Å². The van der Waals surface area contributed by atoms with E-state index in [0.29, 0.717) is 12.3 Å². The van der Waals surface area contributed by atoms with Gasteiger partial charge in [-0.3, -0.25) is 0 Å². The van der Waals surface area contributed by atoms with Crippen molar-refractivity contribution in [2.75, 3.05) is 11.9 Å². The number of anilines is 1. The lowest BCUT2D eigenvalue weighted by Gasteiger charge is -2.13. The Balaban J connectivity index is 2.58. The van der Waals surface area contributed by atoms with E-state index < -0.39 is 12.0 Å². The summed E-state index contributed by atoms with van der Waals surface area (Å²) in [5.41, 5.74) is 0.503. The first kappa shape index (κ1) is 11.4. The first-order valence-electron chi connectivity index (χ1n) is 4.68. The molecular weight excluding hydrogens is 199 g/mol. The molecule has 0 aliphatic rings. The number of esters is 1. The highest BCUT2D eigenvalue weighted by Crippen LogP contribution is 2.08. The summed E-state index contributed by atoms with van der Waals surface area (Å²) in [6.07, 6.45) is 1.33. The number of rotatable bonds is 4. The van der Waals surface area contributed by atoms with Crippen LogP contribution in [0.5, 0.6) is 0 Å². The summed E-state index contributed by atoms with van der Waals surface area (Å²) in [6, 6.07) is 2.29. The van der Waals surface area contributed by atoms with Gasteiger partial charge in [-0.25, -0.2) is 9.78 Å². The van der Waals surface area contributed by atoms with Gasteiger partial charge in [0.05, 0.1) is 6.61 Å². The molecule has 0 aliphatic heterocycles. The monoisotopic (exact) mass is 212 g/mol. The van der Waals surface area contributed by atoms with Crippen LogP contribution in [-0.4, -0.2) is 23.6 Å². The number of aromatic nitrogens is 1. The van der Waals surface area contributed by atoms with Gasteiger partial charge in [-0.05, 0) is 19.9 Å². The third-order valence-electron chi connectivity index (χ3n) is 1.75. The molecule has 0 aromatic carbocycles. The van der Waals surface area contributed by atoms with Crippen molar-refractivity contribution in [3.05, 3.63) is 24.3 Å². The molecule has 0 radical (unpaired) electrons. The van der Waals surface area contributed by atoms with E-state index in [0.717, 1.165) is 0 Å². The van der Waals surface area contributed by atoms with Crippen molar-refractivity contribution in [3.63, 3.8) is 0 Å². The zero-order valence-corrected chi connectivity index (χ0v) is 8.66. The average molecular weight is 212 g/mol. The Morgan fingerprint density at radius 2 is 2.47 bits per heavy atom. The van der Waals surface area contributed by atoms with Gasteiger partial charge in [0.25, 0.3) is 0 Å². The SMILES string of the molecule is CCOC(=O)C(C)Nc1ccnc(F)c1. The van der Waals surface area contributed by atoms with Crippen LogP contribution < -0.4 is 5.32 Å². The predicted octanol–water partition coefficient (Wildman–Crippen LogP) is 1.58. The second kappa shape index (κ2) is 5.29. The van der Waals surface area contributed by atoms with Crippen LogP contribution in [0.2, 0.25) is 0 Å². The summed E-state index contributed by atoms with van der Waals surface area (Å²) in [6.45, 7) is 3.71. The zero-order chi connectivity index (χ0) is 11.3. The van der Waals surface area contributed by atoms with Gasteiger partial charge in [-0.1, -0.05) is 0 Å². The number of carbonyl (C=O) groups is 1. The molecule has 82 valence electrons. The number of nitrogens with one attached hydrogen (secondary N) is 1. The Hall–Kier alpha value is -1.65. The summed E-state index contributed by atoms with van der Waals surface area (Å²) in [4.78, 5) is 14.6. The molecule has 1 unspecified atom stereocenters. The molecule has 0 saturated heterocycles. The summed E-state index contributed by atoms with van der Waals surface area (Å²) in [5, 5.41) is 2.81. The van der Waals surface area contributed by atoms with E-state index in [2.05, 4.69) is 10.3 Å². The van der Waals surface area contributed by atoms with Gasteiger partial charge >= 0.3 is 5.97 Å². The lowest BCUT2D eigenvalue weighted by molar-refractivity contribution is -0.143. The van der Waals surface area contributed by atoms with Crippen molar-refractivity contribution >= 4 is 11.7 Å². The molecule has 4 nitrogen and oxygen atoms in total. The second-order valence-corrected chi connectivity index (χ2v) is 2.99. The Morgan fingerprint density at radius 3 is 3.07 bits per heavy atom. The highest BCUT2D eigenvalue weighted by atomic mass is 19.1. The molecule has 15 heavy (non-hydrogen) atoms. The third kappa shape index (κ3) is 3.53. The molecule has 0 amide bonds. The second-order valence-electron chi connectivity index (χ2n) is 2.99. The number of nitrogens with zero attached hydrogens (tertiary/aromatic N) is 1. The molecule has 5 heteroatoms. The van der Waals surface area contributed by atoms with Crippen LogP contribution in [0.1, 0.15) is 13.8 Å². The minimum absolute atomic E-state index is 0.329. The number of ether oxygens (including phenoxy) is 1. The van der Waals surface area contributed by atoms with E-state index in [1.165, 1.54) is 12.3 Å². The molecule has 0 saturated carbocycles. The minimum Gasteiger partial charge on any atom is -0.464 e. The van der Waals surface area contributed by atoms with E-state index in [-0.39, 0.29) is 5.97 Å². The number of halogens is 1. The van der Waals surface area contributed by atoms with E-state index >= 15 is 0 Å². The highest BCUT2D eigenvalue weighted by Gasteiger charge is 2.13. The maximum absolute atomic E-state index is 12.7. The Morgan fingerprint density at radius 1 is 1.73 bits per heavy atom. The number of carbonyl (C=O) groups excluding carboxylic acids is 1. The first-order chi connectivity index (χ1) is 7.13. The molecule has 1 aromatic heterocycles. The molecule has 1 heterocycles. The molecule has 1 N–H and O–H groups in total. The van der Waals surface area contributed by atoms with Crippen LogP contribution in [0.15, 0.2) is 18.3 Å². The van der Waals surface area contributed by atoms with Crippen LogP contribution in [0.25, 0.3) is 0 Å². The van der Waals surface area contributed by atoms with Gasteiger partial charge in [0.2, 0.25) is 5.95 Å². The van der Waals surface area contributed by atoms with Crippen molar-refractivity contribution in [2.45, 2.75) is 19.9 Å². The molecule has 0 spiro atoms. The summed E-state index contributed by atoms with van der Waals surface area (Å²) >= 11 is 0. The van der Waals surface area contributed by atoms with Crippen LogP contribution in [-0.2, 0) is 9.53 Å². The van der Waals surface area contributed by atoms with Crippen molar-refractivity contribution in [1.82, 2.24) is 4.98 Å². The fourth-order valence-corrected chi connectivity index (χ4v) is 1.07. The Labute approximate surface area is 87.5 Å². The summed E-state index contributed by atoms with van der Waals surface area (Å²) in [7, 11) is 0. The maximum Gasteiger partial charge on any atom is 0.328 e. The standard InChI is InChI=1S/C10H13FN2O2/c1-3-15-10(14)7(2)13-8-4-5-12-9(11)6-8/h4-7H,3H2,1-2H3,(H,12,13). The first-order valence-corrected chi connectivity index (χ1v) is 4.68. The number of pyridine rings is 1. The molecule has 0 bridgehead atoms. The minimum atomic E-state index is -0.587. The number of hydrogen-bond donors (Lipinski definition) is 1. The van der Waals surface area contributed by atoms with Crippen LogP contribution in [0.4, 0.5) is 10.1 Å². The Kier molecular flexibility index (Phi) is 4.03. The molecule has 1 atom stereocenters. The van der Waals surface area contributed by atoms with E-state index in [1.807, 2.05) is 0 Å². The van der Waals surface area contributed by atoms with Crippen LogP contribution in [0, 0.1) is 5.95 Å². The summed E-state index contributed by atoms with van der Waals surface area (Å²) < 4.78 is 17.5. The van der Waals surface area contributed by atoms with Crippen molar-refractivity contribution in [2.24, 2.45) is 0 Å². The van der Waals surface area contributed by atoms with Crippen molar-refractivity contribution in [3.8, 4) is 0 Å². The topological polar surface area (TPSA) is 51.2 Å². The fourth-order valence-electron chi connectivity index (χ4n) is 1.07. The average Bonchev–Trinajstić information content (AvgIpc) is 2.18.